The summed E-state index contributed by atoms with van der Waals surface area (Å²) in [5.41, 5.74) is 16.3. The van der Waals surface area contributed by atoms with Crippen molar-refractivity contribution < 1.29 is 8.42 Å². The van der Waals surface area contributed by atoms with E-state index in [0.717, 1.165) is 101 Å². The van der Waals surface area contributed by atoms with E-state index in [2.05, 4.69) is 116 Å². The van der Waals surface area contributed by atoms with Gasteiger partial charge in [-0.3, -0.25) is 9.97 Å². The summed E-state index contributed by atoms with van der Waals surface area (Å²) >= 11 is 0. The van der Waals surface area contributed by atoms with Crippen molar-refractivity contribution >= 4 is 9.84 Å². The van der Waals surface area contributed by atoms with Crippen molar-refractivity contribution in [3.8, 4) is 78.5 Å². The smallest absolute Gasteiger partial charge is 0.207 e. The monoisotopic (exact) mass is 880 g/mol. The quantitative estimate of drug-likeness (QED) is 0.175. The molecule has 2 aliphatic carbocycles. The molecule has 0 N–H and O–H groups in total. The molecule has 1 atom stereocenters. The Morgan fingerprint density at radius 2 is 0.985 bits per heavy atom. The van der Waals surface area contributed by atoms with Crippen LogP contribution in [0.2, 0.25) is 0 Å². The lowest BCUT2D eigenvalue weighted by atomic mass is 9.62. The van der Waals surface area contributed by atoms with Gasteiger partial charge in [-0.25, -0.2) is 18.4 Å². The lowest BCUT2D eigenvalue weighted by Crippen LogP contribution is -2.38. The van der Waals surface area contributed by atoms with Gasteiger partial charge in [0, 0.05) is 46.3 Å². The first-order chi connectivity index (χ1) is 32.7. The molecule has 0 radical (unpaired) electrons. The van der Waals surface area contributed by atoms with Gasteiger partial charge in [-0.05, 0) is 121 Å². The first-order valence-corrected chi connectivity index (χ1v) is 24.0. The van der Waals surface area contributed by atoms with Crippen LogP contribution >= 0.6 is 0 Å². The van der Waals surface area contributed by atoms with E-state index >= 15 is 8.42 Å². The molecular formula is C60H40N4O2S. The van der Waals surface area contributed by atoms with Crippen LogP contribution in [0.15, 0.2) is 216 Å². The maximum absolute atomic E-state index is 15.4. The van der Waals surface area contributed by atoms with Gasteiger partial charge >= 0.3 is 0 Å². The Kier molecular flexibility index (Phi) is 8.46. The molecule has 318 valence electrons. The van der Waals surface area contributed by atoms with Crippen LogP contribution in [0.1, 0.15) is 47.2 Å². The Bertz CT molecular complexity index is 3790. The minimum atomic E-state index is -4.01. The Balaban J connectivity index is 1.13. The SMILES string of the molecule is CC1(C)c2ccccc2-c2cc3c(cc21)S(=O)(=O)c1ccccc1C31c2ccccc2-c2ccccc2-c2ccc(-c3cc(-c4ccc(-c5cccnc5)nc4)nc(-c4ccccc4)n3)cc21. The standard InChI is InChI=1S/C60H40N4O2S/c1-59(2)47-22-10-8-21-44(47)46-32-52-57(33-50(46)59)67(65,66)56-25-13-12-24-49(56)60(52)48-23-11-9-20-43(48)41-18-6-7-19-42(41)45-28-26-38(31-51(45)60)54-34-55(64-58(63-54)37-15-4-3-5-16-37)40-27-29-53(62-36-40)39-17-14-30-61-35-39/h3-36H,1-2H3. The summed E-state index contributed by atoms with van der Waals surface area (Å²) in [5, 5.41) is 0. The first kappa shape index (κ1) is 39.3. The van der Waals surface area contributed by atoms with Gasteiger partial charge in [0.2, 0.25) is 9.84 Å². The summed E-state index contributed by atoms with van der Waals surface area (Å²) in [7, 11) is -4.01. The number of nitrogens with zero attached hydrogens (tertiary/aromatic N) is 4. The molecule has 1 spiro atoms. The lowest BCUT2D eigenvalue weighted by molar-refractivity contribution is 0.577. The number of hydrogen-bond donors (Lipinski definition) is 0. The Morgan fingerprint density at radius 3 is 1.70 bits per heavy atom. The molecule has 0 fully saturated rings. The molecule has 1 unspecified atom stereocenters. The summed E-state index contributed by atoms with van der Waals surface area (Å²) in [5.74, 6) is 0.584. The molecule has 7 aromatic carbocycles. The number of aromatic nitrogens is 4. The molecule has 3 aromatic heterocycles. The number of benzene rings is 7. The van der Waals surface area contributed by atoms with Gasteiger partial charge in [-0.2, -0.15) is 0 Å². The zero-order valence-electron chi connectivity index (χ0n) is 36.6. The second-order valence-electron chi connectivity index (χ2n) is 18.2. The molecule has 7 heteroatoms. The number of sulfone groups is 1. The molecule has 4 heterocycles. The van der Waals surface area contributed by atoms with Crippen LogP contribution in [0.3, 0.4) is 0 Å². The third-order valence-corrected chi connectivity index (χ3v) is 16.1. The number of pyridine rings is 2. The second kappa shape index (κ2) is 14.4. The zero-order chi connectivity index (χ0) is 45.1. The van der Waals surface area contributed by atoms with Crippen LogP contribution in [0.4, 0.5) is 0 Å². The van der Waals surface area contributed by atoms with Crippen LogP contribution < -0.4 is 0 Å². The van der Waals surface area contributed by atoms with Gasteiger partial charge in [0.25, 0.3) is 0 Å². The molecule has 3 aliphatic rings. The Labute approximate surface area is 389 Å². The van der Waals surface area contributed by atoms with Crippen molar-refractivity contribution in [1.29, 1.82) is 0 Å². The van der Waals surface area contributed by atoms with E-state index in [1.807, 2.05) is 97.3 Å². The van der Waals surface area contributed by atoms with Crippen molar-refractivity contribution in [3.63, 3.8) is 0 Å². The highest BCUT2D eigenvalue weighted by Gasteiger charge is 2.53. The van der Waals surface area contributed by atoms with Crippen LogP contribution in [-0.4, -0.2) is 28.4 Å². The van der Waals surface area contributed by atoms with Crippen LogP contribution in [0, 0.1) is 0 Å². The summed E-state index contributed by atoms with van der Waals surface area (Å²) in [6, 6.07) is 64.2. The highest BCUT2D eigenvalue weighted by Crippen LogP contribution is 2.62. The maximum Gasteiger partial charge on any atom is 0.207 e. The predicted molar refractivity (Wildman–Crippen MR) is 265 cm³/mol. The minimum absolute atomic E-state index is 0.311. The van der Waals surface area contributed by atoms with Gasteiger partial charge in [-0.15, -0.1) is 0 Å². The second-order valence-corrected chi connectivity index (χ2v) is 20.1. The predicted octanol–water partition coefficient (Wildman–Crippen LogP) is 13.4. The molecule has 1 aliphatic heterocycles. The fourth-order valence-electron chi connectivity index (χ4n) is 11.2. The molecule has 0 saturated carbocycles. The van der Waals surface area contributed by atoms with E-state index in [1.165, 1.54) is 5.56 Å². The lowest BCUT2D eigenvalue weighted by Gasteiger charge is -2.43. The highest BCUT2D eigenvalue weighted by atomic mass is 32.2. The maximum atomic E-state index is 15.4. The topological polar surface area (TPSA) is 85.7 Å². The average Bonchev–Trinajstić information content (AvgIpc) is 3.54. The molecule has 6 nitrogen and oxygen atoms in total. The zero-order valence-corrected chi connectivity index (χ0v) is 37.5. The highest BCUT2D eigenvalue weighted by molar-refractivity contribution is 7.91. The Hall–Kier alpha value is -8.13. The molecule has 0 amide bonds. The summed E-state index contributed by atoms with van der Waals surface area (Å²) in [6.45, 7) is 4.40. The van der Waals surface area contributed by atoms with Crippen molar-refractivity contribution in [2.75, 3.05) is 0 Å². The van der Waals surface area contributed by atoms with Crippen molar-refractivity contribution in [1.82, 2.24) is 19.9 Å². The van der Waals surface area contributed by atoms with Crippen LogP contribution in [-0.2, 0) is 20.7 Å². The minimum Gasteiger partial charge on any atom is -0.264 e. The van der Waals surface area contributed by atoms with E-state index < -0.39 is 20.7 Å². The van der Waals surface area contributed by atoms with Crippen molar-refractivity contribution in [3.05, 3.63) is 240 Å². The van der Waals surface area contributed by atoms with Gasteiger partial charge in [-0.1, -0.05) is 147 Å². The van der Waals surface area contributed by atoms with E-state index in [9.17, 15) is 0 Å². The molecular weight excluding hydrogens is 841 g/mol. The third kappa shape index (κ3) is 5.65. The Morgan fingerprint density at radius 1 is 0.388 bits per heavy atom. The summed E-state index contributed by atoms with van der Waals surface area (Å²) in [6.07, 6.45) is 5.43. The van der Waals surface area contributed by atoms with Crippen LogP contribution in [0.5, 0.6) is 0 Å². The molecule has 13 rings (SSSR count). The van der Waals surface area contributed by atoms with E-state index in [1.54, 1.807) is 12.3 Å². The third-order valence-electron chi connectivity index (χ3n) is 14.3. The first-order valence-electron chi connectivity index (χ1n) is 22.5. The van der Waals surface area contributed by atoms with Gasteiger partial charge in [0.15, 0.2) is 5.82 Å². The fourth-order valence-corrected chi connectivity index (χ4v) is 13.0. The number of hydrogen-bond acceptors (Lipinski definition) is 6. The average molecular weight is 881 g/mol. The van der Waals surface area contributed by atoms with Gasteiger partial charge in [0.05, 0.1) is 32.3 Å². The fraction of sp³-hybridized carbons (Fsp3) is 0.0667. The summed E-state index contributed by atoms with van der Waals surface area (Å²) < 4.78 is 30.9. The number of rotatable bonds is 4. The molecule has 10 aromatic rings. The summed E-state index contributed by atoms with van der Waals surface area (Å²) in [4.78, 5) is 20.3. The van der Waals surface area contributed by atoms with Gasteiger partial charge in [0.1, 0.15) is 0 Å². The molecule has 0 saturated heterocycles. The van der Waals surface area contributed by atoms with Gasteiger partial charge < -0.3 is 0 Å². The van der Waals surface area contributed by atoms with E-state index in [0.29, 0.717) is 15.6 Å². The molecule has 0 bridgehead atoms. The van der Waals surface area contributed by atoms with E-state index in [4.69, 9.17) is 15.0 Å². The largest absolute Gasteiger partial charge is 0.264 e. The van der Waals surface area contributed by atoms with Crippen molar-refractivity contribution in [2.45, 2.75) is 34.5 Å². The normalized spacial score (nSPS) is 16.3. The number of fused-ring (bicyclic) bond motifs is 14. The van der Waals surface area contributed by atoms with Crippen LogP contribution in [0.25, 0.3) is 78.5 Å². The van der Waals surface area contributed by atoms with Crippen molar-refractivity contribution in [2.24, 2.45) is 0 Å². The van der Waals surface area contributed by atoms with E-state index in [-0.39, 0.29) is 0 Å². The molecule has 67 heavy (non-hydrogen) atoms.